The molecule has 1 amide bonds. The normalized spacial score (nSPS) is 22.6. The van der Waals surface area contributed by atoms with Gasteiger partial charge < -0.3 is 23.9 Å². The van der Waals surface area contributed by atoms with Crippen molar-refractivity contribution in [3.05, 3.63) is 77.2 Å². The van der Waals surface area contributed by atoms with E-state index in [2.05, 4.69) is 0 Å². The molecule has 1 unspecified atom stereocenters. The van der Waals surface area contributed by atoms with Gasteiger partial charge >= 0.3 is 12.1 Å². The number of rotatable bonds is 5. The molecule has 7 nitrogen and oxygen atoms in total. The predicted molar refractivity (Wildman–Crippen MR) is 133 cm³/mol. The number of carbonyl (C=O) groups is 2. The standard InChI is InChI=1S/C29H26F3NO6/c1-26(2)16-28(20-10-8-17(14-22(20)39-26)38-27(25(35)36)12-5-13-27)19-6-3-4-7-21(19)33(24(28)34)15-18-9-11-23(37-18)29(30,31)32/h3-4,6-11,14H,5,12-13,15-16H2,1-2H3,(H,35,36). The molecule has 3 aliphatic rings. The van der Waals surface area contributed by atoms with Crippen molar-refractivity contribution in [3.8, 4) is 11.5 Å². The number of carboxylic acids is 1. The van der Waals surface area contributed by atoms with Gasteiger partial charge in [-0.05, 0) is 62.9 Å². The molecule has 204 valence electrons. The number of fused-ring (bicyclic) bond motifs is 4. The number of nitrogens with zero attached hydrogens (tertiary/aromatic N) is 1. The fraction of sp³-hybridized carbons (Fsp3) is 0.379. The Labute approximate surface area is 222 Å². The molecular formula is C29H26F3NO6. The minimum absolute atomic E-state index is 0.0114. The summed E-state index contributed by atoms with van der Waals surface area (Å²) in [4.78, 5) is 27.7. The summed E-state index contributed by atoms with van der Waals surface area (Å²) in [5, 5.41) is 9.70. The largest absolute Gasteiger partial charge is 0.487 e. The van der Waals surface area contributed by atoms with E-state index in [0.717, 1.165) is 12.5 Å². The van der Waals surface area contributed by atoms with Gasteiger partial charge in [-0.25, -0.2) is 4.79 Å². The van der Waals surface area contributed by atoms with Gasteiger partial charge in [0.15, 0.2) is 0 Å². The molecule has 3 aromatic rings. The van der Waals surface area contributed by atoms with Crippen LogP contribution in [0, 0.1) is 0 Å². The Morgan fingerprint density at radius 2 is 1.82 bits per heavy atom. The first kappa shape index (κ1) is 25.3. The van der Waals surface area contributed by atoms with Crippen molar-refractivity contribution < 1.29 is 41.8 Å². The van der Waals surface area contributed by atoms with Crippen molar-refractivity contribution >= 4 is 17.6 Å². The molecule has 1 aliphatic carbocycles. The van der Waals surface area contributed by atoms with E-state index < -0.39 is 34.5 Å². The van der Waals surface area contributed by atoms with E-state index in [9.17, 15) is 27.9 Å². The Morgan fingerprint density at radius 1 is 1.08 bits per heavy atom. The van der Waals surface area contributed by atoms with Crippen molar-refractivity contribution in [1.82, 2.24) is 0 Å². The predicted octanol–water partition coefficient (Wildman–Crippen LogP) is 6.08. The average molecular weight is 542 g/mol. The van der Waals surface area contributed by atoms with E-state index in [-0.39, 0.29) is 24.6 Å². The number of ether oxygens (including phenoxy) is 2. The smallest absolute Gasteiger partial charge is 0.449 e. The van der Waals surface area contributed by atoms with Gasteiger partial charge in [0, 0.05) is 23.7 Å². The lowest BCUT2D eigenvalue weighted by Gasteiger charge is -2.44. The number of halogens is 3. The van der Waals surface area contributed by atoms with Crippen LogP contribution in [-0.2, 0) is 27.7 Å². The Kier molecular flexibility index (Phi) is 5.37. The van der Waals surface area contributed by atoms with Gasteiger partial charge in [-0.1, -0.05) is 24.3 Å². The third kappa shape index (κ3) is 3.87. The van der Waals surface area contributed by atoms with Crippen LogP contribution >= 0.6 is 0 Å². The third-order valence-electron chi connectivity index (χ3n) is 7.87. The fourth-order valence-corrected chi connectivity index (χ4v) is 6.04. The number of hydrogen-bond donors (Lipinski definition) is 1. The number of amides is 1. The number of hydrogen-bond acceptors (Lipinski definition) is 5. The van der Waals surface area contributed by atoms with Crippen LogP contribution in [0.25, 0.3) is 0 Å². The van der Waals surface area contributed by atoms with Crippen molar-refractivity contribution in [1.29, 1.82) is 0 Å². The highest BCUT2D eigenvalue weighted by molar-refractivity contribution is 6.11. The maximum Gasteiger partial charge on any atom is 0.449 e. The lowest BCUT2D eigenvalue weighted by atomic mass is 9.67. The van der Waals surface area contributed by atoms with Gasteiger partial charge in [-0.2, -0.15) is 13.2 Å². The number of aliphatic carboxylic acids is 1. The molecule has 0 bridgehead atoms. The van der Waals surface area contributed by atoms with Gasteiger partial charge in [0.05, 0.1) is 6.54 Å². The molecule has 1 aromatic heterocycles. The van der Waals surface area contributed by atoms with Crippen molar-refractivity contribution in [2.75, 3.05) is 4.90 Å². The van der Waals surface area contributed by atoms with Crippen molar-refractivity contribution in [2.24, 2.45) is 0 Å². The summed E-state index contributed by atoms with van der Waals surface area (Å²) in [7, 11) is 0. The molecule has 3 heterocycles. The lowest BCUT2D eigenvalue weighted by Crippen LogP contribution is -2.51. The molecule has 6 rings (SSSR count). The summed E-state index contributed by atoms with van der Waals surface area (Å²) < 4.78 is 56.7. The van der Waals surface area contributed by atoms with Crippen LogP contribution in [0.1, 0.15) is 62.2 Å². The third-order valence-corrected chi connectivity index (χ3v) is 7.87. The van der Waals surface area contributed by atoms with E-state index in [0.29, 0.717) is 41.2 Å². The van der Waals surface area contributed by atoms with E-state index in [4.69, 9.17) is 13.9 Å². The molecule has 1 atom stereocenters. The number of alkyl halides is 3. The SMILES string of the molecule is CC1(C)CC2(C(=O)N(Cc3ccc(C(F)(F)F)o3)c3ccccc32)c2ccc(OC3(C(=O)O)CCC3)cc2O1. The zero-order valence-electron chi connectivity index (χ0n) is 21.3. The van der Waals surface area contributed by atoms with Crippen molar-refractivity contribution in [2.45, 2.75) is 68.9 Å². The van der Waals surface area contributed by atoms with E-state index in [1.165, 1.54) is 11.0 Å². The summed E-state index contributed by atoms with van der Waals surface area (Å²) in [6.45, 7) is 3.54. The van der Waals surface area contributed by atoms with Crippen LogP contribution < -0.4 is 14.4 Å². The molecule has 2 aliphatic heterocycles. The Hall–Kier alpha value is -3.95. The van der Waals surface area contributed by atoms with Crippen LogP contribution in [0.15, 0.2) is 59.0 Å². The first-order valence-electron chi connectivity index (χ1n) is 12.7. The minimum Gasteiger partial charge on any atom is -0.487 e. The van der Waals surface area contributed by atoms with Crippen LogP contribution in [0.2, 0.25) is 0 Å². The number of para-hydroxylation sites is 1. The molecular weight excluding hydrogens is 515 g/mol. The van der Waals surface area contributed by atoms with Gasteiger partial charge in [0.2, 0.25) is 17.3 Å². The summed E-state index contributed by atoms with van der Waals surface area (Å²) in [6.07, 6.45) is -2.79. The Bertz CT molecular complexity index is 1490. The molecule has 1 spiro atoms. The quantitative estimate of drug-likeness (QED) is 0.421. The summed E-state index contributed by atoms with van der Waals surface area (Å²) in [5.41, 5.74) is -1.38. The monoisotopic (exact) mass is 541 g/mol. The Morgan fingerprint density at radius 3 is 2.46 bits per heavy atom. The second-order valence-corrected chi connectivity index (χ2v) is 11.0. The highest BCUT2D eigenvalue weighted by Gasteiger charge is 2.58. The van der Waals surface area contributed by atoms with Gasteiger partial charge in [-0.3, -0.25) is 4.79 Å². The summed E-state index contributed by atoms with van der Waals surface area (Å²) in [6, 6.07) is 14.3. The fourth-order valence-electron chi connectivity index (χ4n) is 6.04. The number of benzene rings is 2. The maximum absolute atomic E-state index is 14.4. The first-order chi connectivity index (χ1) is 18.3. The highest BCUT2D eigenvalue weighted by Crippen LogP contribution is 2.57. The van der Waals surface area contributed by atoms with Crippen LogP contribution in [0.3, 0.4) is 0 Å². The van der Waals surface area contributed by atoms with E-state index in [1.807, 2.05) is 26.0 Å². The minimum atomic E-state index is -4.63. The summed E-state index contributed by atoms with van der Waals surface area (Å²) >= 11 is 0. The van der Waals surface area contributed by atoms with E-state index >= 15 is 0 Å². The van der Waals surface area contributed by atoms with Gasteiger partial charge in [0.1, 0.15) is 28.3 Å². The number of carboxylic acid groups (broad SMARTS) is 1. The molecule has 10 heteroatoms. The molecule has 1 saturated carbocycles. The number of anilines is 1. The van der Waals surface area contributed by atoms with Crippen LogP contribution in [-0.4, -0.2) is 28.2 Å². The molecule has 0 radical (unpaired) electrons. The van der Waals surface area contributed by atoms with Crippen LogP contribution in [0.4, 0.5) is 18.9 Å². The zero-order valence-corrected chi connectivity index (χ0v) is 21.3. The summed E-state index contributed by atoms with van der Waals surface area (Å²) in [5.74, 6) is -1.71. The first-order valence-corrected chi connectivity index (χ1v) is 12.7. The number of furan rings is 1. The topological polar surface area (TPSA) is 89.2 Å². The second kappa shape index (κ2) is 8.27. The molecule has 0 saturated heterocycles. The number of carbonyl (C=O) groups excluding carboxylic acids is 1. The highest BCUT2D eigenvalue weighted by atomic mass is 19.4. The zero-order chi connectivity index (χ0) is 27.8. The maximum atomic E-state index is 14.4. The lowest BCUT2D eigenvalue weighted by molar-refractivity contribution is -0.163. The second-order valence-electron chi connectivity index (χ2n) is 11.0. The average Bonchev–Trinajstić information content (AvgIpc) is 3.39. The molecule has 1 fully saturated rings. The van der Waals surface area contributed by atoms with E-state index in [1.54, 1.807) is 30.3 Å². The molecule has 39 heavy (non-hydrogen) atoms. The van der Waals surface area contributed by atoms with Gasteiger partial charge in [0.25, 0.3) is 0 Å². The molecule has 1 N–H and O–H groups in total. The molecule has 2 aromatic carbocycles. The van der Waals surface area contributed by atoms with Gasteiger partial charge in [-0.15, -0.1) is 0 Å². The van der Waals surface area contributed by atoms with Crippen molar-refractivity contribution in [3.63, 3.8) is 0 Å². The Balaban J connectivity index is 1.43. The van der Waals surface area contributed by atoms with Crippen LogP contribution in [0.5, 0.6) is 11.5 Å².